The molecule has 2 rings (SSSR count). The lowest BCUT2D eigenvalue weighted by Crippen LogP contribution is -2.26. The minimum absolute atomic E-state index is 0.00378. The Balaban J connectivity index is 1.56. The molecule has 2 aromatic rings. The summed E-state index contributed by atoms with van der Waals surface area (Å²) in [6, 6.07) is 10.3. The number of benzene rings is 1. The molecule has 23 heavy (non-hydrogen) atoms. The molecule has 0 aliphatic rings. The van der Waals surface area contributed by atoms with Crippen molar-refractivity contribution in [3.05, 3.63) is 58.0 Å². The van der Waals surface area contributed by atoms with Gasteiger partial charge < -0.3 is 5.32 Å². The summed E-state index contributed by atoms with van der Waals surface area (Å²) in [5.41, 5.74) is 0.672. The number of carbonyl (C=O) groups excluding carboxylic acids is 2. The molecule has 122 valence electrons. The van der Waals surface area contributed by atoms with Gasteiger partial charge in [-0.05, 0) is 23.1 Å². The van der Waals surface area contributed by atoms with Gasteiger partial charge in [0.1, 0.15) is 5.82 Å². The molecule has 0 aliphatic carbocycles. The van der Waals surface area contributed by atoms with E-state index in [2.05, 4.69) is 5.32 Å². The smallest absolute Gasteiger partial charge is 0.220 e. The topological polar surface area (TPSA) is 46.2 Å². The van der Waals surface area contributed by atoms with Crippen molar-refractivity contribution < 1.29 is 14.0 Å². The number of hydrogen-bond acceptors (Lipinski definition) is 4. The van der Waals surface area contributed by atoms with E-state index in [1.807, 2.05) is 17.5 Å². The molecule has 1 aromatic heterocycles. The zero-order valence-corrected chi connectivity index (χ0v) is 14.2. The third kappa shape index (κ3) is 6.15. The Kier molecular flexibility index (Phi) is 7.29. The predicted octanol–water partition coefficient (Wildman–Crippen LogP) is 3.90. The van der Waals surface area contributed by atoms with Crippen molar-refractivity contribution in [2.75, 3.05) is 12.3 Å². The third-order valence-electron chi connectivity index (χ3n) is 3.16. The minimum Gasteiger partial charge on any atom is -0.355 e. The van der Waals surface area contributed by atoms with Crippen molar-refractivity contribution in [3.63, 3.8) is 0 Å². The molecule has 0 saturated heterocycles. The molecule has 0 radical (unpaired) electrons. The van der Waals surface area contributed by atoms with Crippen LogP contribution in [0.3, 0.4) is 0 Å². The van der Waals surface area contributed by atoms with Gasteiger partial charge >= 0.3 is 0 Å². The van der Waals surface area contributed by atoms with Crippen LogP contribution in [-0.4, -0.2) is 24.0 Å². The first-order valence-corrected chi connectivity index (χ1v) is 9.35. The summed E-state index contributed by atoms with van der Waals surface area (Å²) >= 11 is 2.96. The van der Waals surface area contributed by atoms with E-state index in [-0.39, 0.29) is 30.3 Å². The van der Waals surface area contributed by atoms with Gasteiger partial charge in [0.25, 0.3) is 0 Å². The van der Waals surface area contributed by atoms with Gasteiger partial charge in [-0.2, -0.15) is 11.8 Å². The maximum absolute atomic E-state index is 13.4. The summed E-state index contributed by atoms with van der Waals surface area (Å²) in [5, 5.41) is 4.63. The highest BCUT2D eigenvalue weighted by atomic mass is 32.2. The number of nitrogens with one attached hydrogen (secondary N) is 1. The maximum Gasteiger partial charge on any atom is 0.220 e. The van der Waals surface area contributed by atoms with E-state index in [0.29, 0.717) is 28.5 Å². The van der Waals surface area contributed by atoms with Crippen molar-refractivity contribution in [3.8, 4) is 0 Å². The van der Waals surface area contributed by atoms with Crippen LogP contribution in [0.5, 0.6) is 0 Å². The monoisotopic (exact) mass is 351 g/mol. The average molecular weight is 351 g/mol. The Labute approximate surface area is 143 Å². The number of hydrogen-bond donors (Lipinski definition) is 1. The van der Waals surface area contributed by atoms with Gasteiger partial charge in [0.05, 0.1) is 4.88 Å². The highest BCUT2D eigenvalue weighted by molar-refractivity contribution is 7.98. The van der Waals surface area contributed by atoms with Gasteiger partial charge in [0.2, 0.25) is 5.91 Å². The highest BCUT2D eigenvalue weighted by Gasteiger charge is 2.09. The van der Waals surface area contributed by atoms with Crippen LogP contribution in [0, 0.1) is 5.82 Å². The molecule has 0 bridgehead atoms. The van der Waals surface area contributed by atoms with Crippen LogP contribution in [-0.2, 0) is 10.5 Å². The van der Waals surface area contributed by atoms with Gasteiger partial charge in [-0.3, -0.25) is 9.59 Å². The fourth-order valence-electron chi connectivity index (χ4n) is 1.94. The minimum atomic E-state index is -0.198. The highest BCUT2D eigenvalue weighted by Crippen LogP contribution is 2.15. The van der Waals surface area contributed by atoms with E-state index in [4.69, 9.17) is 0 Å². The molecular weight excluding hydrogens is 333 g/mol. The third-order valence-corrected chi connectivity index (χ3v) is 5.08. The average Bonchev–Trinajstić information content (AvgIpc) is 3.08. The lowest BCUT2D eigenvalue weighted by molar-refractivity contribution is -0.120. The Morgan fingerprint density at radius 2 is 1.96 bits per heavy atom. The van der Waals surface area contributed by atoms with Gasteiger partial charge in [0.15, 0.2) is 5.78 Å². The summed E-state index contributed by atoms with van der Waals surface area (Å²) in [7, 11) is 0. The van der Waals surface area contributed by atoms with E-state index in [1.54, 1.807) is 30.0 Å². The molecule has 0 atom stereocenters. The molecule has 1 aromatic carbocycles. The summed E-state index contributed by atoms with van der Waals surface area (Å²) in [6.07, 6.45) is 0.434. The molecule has 0 aliphatic heterocycles. The van der Waals surface area contributed by atoms with E-state index in [1.165, 1.54) is 17.4 Å². The lowest BCUT2D eigenvalue weighted by atomic mass is 10.2. The molecule has 1 amide bonds. The van der Waals surface area contributed by atoms with Crippen molar-refractivity contribution in [2.24, 2.45) is 0 Å². The number of carbonyl (C=O) groups is 2. The number of Topliss-reactive ketones (excluding diaryl/α,β-unsaturated/α-hetero) is 1. The zero-order chi connectivity index (χ0) is 16.5. The number of rotatable bonds is 9. The molecule has 0 saturated carbocycles. The number of ketones is 1. The largest absolute Gasteiger partial charge is 0.355 e. The van der Waals surface area contributed by atoms with Crippen LogP contribution < -0.4 is 5.32 Å². The summed E-state index contributed by atoms with van der Waals surface area (Å²) in [6.45, 7) is 0.519. The standard InChI is InChI=1S/C17H18FNO2S2/c18-14-5-2-1-4-13(14)12-22-11-9-19-17(21)8-7-15(20)16-6-3-10-23-16/h1-6,10H,7-9,11-12H2,(H,19,21). The second-order valence-corrected chi connectivity index (χ2v) is 6.95. The molecule has 3 nitrogen and oxygen atoms in total. The Morgan fingerprint density at radius 1 is 1.13 bits per heavy atom. The number of thioether (sulfide) groups is 1. The van der Waals surface area contributed by atoms with Crippen LogP contribution in [0.4, 0.5) is 4.39 Å². The van der Waals surface area contributed by atoms with Crippen molar-refractivity contribution in [2.45, 2.75) is 18.6 Å². The second kappa shape index (κ2) is 9.47. The summed E-state index contributed by atoms with van der Waals surface area (Å²) in [4.78, 5) is 24.1. The first kappa shape index (κ1) is 17.7. The van der Waals surface area contributed by atoms with Crippen molar-refractivity contribution in [1.29, 1.82) is 0 Å². The first-order valence-electron chi connectivity index (χ1n) is 7.31. The number of thiophene rings is 1. The SMILES string of the molecule is O=C(CCC(=O)c1cccs1)NCCSCc1ccccc1F. The van der Waals surface area contributed by atoms with Crippen LogP contribution in [0.2, 0.25) is 0 Å². The molecule has 1 heterocycles. The van der Waals surface area contributed by atoms with Gasteiger partial charge in [-0.1, -0.05) is 24.3 Å². The van der Waals surface area contributed by atoms with E-state index in [0.717, 1.165) is 0 Å². The number of amides is 1. The van der Waals surface area contributed by atoms with Crippen LogP contribution in [0.15, 0.2) is 41.8 Å². The molecular formula is C17H18FNO2S2. The van der Waals surface area contributed by atoms with E-state index < -0.39 is 0 Å². The molecule has 0 spiro atoms. The first-order chi connectivity index (χ1) is 11.2. The summed E-state index contributed by atoms with van der Waals surface area (Å²) < 4.78 is 13.4. The quantitative estimate of drug-likeness (QED) is 0.550. The zero-order valence-electron chi connectivity index (χ0n) is 12.6. The maximum atomic E-state index is 13.4. The van der Waals surface area contributed by atoms with Crippen LogP contribution >= 0.6 is 23.1 Å². The number of halogens is 1. The van der Waals surface area contributed by atoms with E-state index >= 15 is 0 Å². The van der Waals surface area contributed by atoms with Crippen molar-refractivity contribution in [1.82, 2.24) is 5.32 Å². The molecule has 6 heteroatoms. The van der Waals surface area contributed by atoms with Crippen molar-refractivity contribution >= 4 is 34.8 Å². The fourth-order valence-corrected chi connectivity index (χ4v) is 3.48. The summed E-state index contributed by atoms with van der Waals surface area (Å²) in [5.74, 6) is 0.972. The molecule has 1 N–H and O–H groups in total. The Morgan fingerprint density at radius 3 is 2.70 bits per heavy atom. The van der Waals surface area contributed by atoms with Gasteiger partial charge in [-0.25, -0.2) is 4.39 Å². The normalized spacial score (nSPS) is 10.5. The lowest BCUT2D eigenvalue weighted by Gasteiger charge is -2.05. The second-order valence-electron chi connectivity index (χ2n) is 4.89. The predicted molar refractivity (Wildman–Crippen MR) is 93.5 cm³/mol. The Hall–Kier alpha value is -1.66. The van der Waals surface area contributed by atoms with Crippen LogP contribution in [0.1, 0.15) is 28.1 Å². The fraction of sp³-hybridized carbons (Fsp3) is 0.294. The Bertz CT molecular complexity index is 644. The van der Waals surface area contributed by atoms with Gasteiger partial charge in [0, 0.05) is 30.9 Å². The molecule has 0 unspecified atom stereocenters. The molecule has 0 fully saturated rings. The van der Waals surface area contributed by atoms with Crippen LogP contribution in [0.25, 0.3) is 0 Å². The van der Waals surface area contributed by atoms with Gasteiger partial charge in [-0.15, -0.1) is 11.3 Å². The van der Waals surface area contributed by atoms with E-state index in [9.17, 15) is 14.0 Å².